The van der Waals surface area contributed by atoms with Gasteiger partial charge < -0.3 is 5.73 Å². The molecule has 0 amide bonds. The lowest BCUT2D eigenvalue weighted by Gasteiger charge is -2.02. The molecule has 3 heteroatoms. The lowest BCUT2D eigenvalue weighted by Crippen LogP contribution is -1.86. The highest BCUT2D eigenvalue weighted by Gasteiger charge is 1.98. The zero-order chi connectivity index (χ0) is 10.7. The minimum absolute atomic E-state index is 0.750. The number of benzene rings is 1. The Labute approximate surface area is 93.5 Å². The Kier molecular flexibility index (Phi) is 2.92. The summed E-state index contributed by atoms with van der Waals surface area (Å²) in [5, 5.41) is 0.931. The first-order valence-corrected chi connectivity index (χ1v) is 5.52. The topological polar surface area (TPSA) is 38.9 Å². The molecule has 1 aromatic heterocycles. The van der Waals surface area contributed by atoms with Gasteiger partial charge in [0.15, 0.2) is 0 Å². The number of hydrogen-bond acceptors (Lipinski definition) is 3. The molecule has 0 aliphatic heterocycles. The highest BCUT2D eigenvalue weighted by atomic mass is 32.2. The zero-order valence-corrected chi connectivity index (χ0v) is 9.29. The standard InChI is InChI=1S/C12H12N2S/c1-9-3-2-4-11(7-9)15-12-8-10(13)5-6-14-12/h2-8H,1H3,(H2,13,14). The molecular formula is C12H12N2S. The summed E-state index contributed by atoms with van der Waals surface area (Å²) in [6, 6.07) is 12.0. The van der Waals surface area contributed by atoms with E-state index in [9.17, 15) is 0 Å². The zero-order valence-electron chi connectivity index (χ0n) is 8.47. The molecular weight excluding hydrogens is 204 g/mol. The van der Waals surface area contributed by atoms with E-state index in [0.717, 1.165) is 10.7 Å². The second-order valence-electron chi connectivity index (χ2n) is 3.35. The van der Waals surface area contributed by atoms with Gasteiger partial charge in [0.25, 0.3) is 0 Å². The Bertz CT molecular complexity index is 425. The molecule has 15 heavy (non-hydrogen) atoms. The highest BCUT2D eigenvalue weighted by molar-refractivity contribution is 7.99. The number of nitrogens with two attached hydrogens (primary N) is 1. The maximum Gasteiger partial charge on any atom is 0.103 e. The van der Waals surface area contributed by atoms with Crippen molar-refractivity contribution in [3.8, 4) is 0 Å². The Morgan fingerprint density at radius 2 is 2.07 bits per heavy atom. The van der Waals surface area contributed by atoms with Crippen LogP contribution in [0.15, 0.2) is 52.5 Å². The van der Waals surface area contributed by atoms with Gasteiger partial charge in [-0.25, -0.2) is 4.98 Å². The van der Waals surface area contributed by atoms with Crippen molar-refractivity contribution in [1.29, 1.82) is 0 Å². The Hall–Kier alpha value is -1.48. The lowest BCUT2D eigenvalue weighted by atomic mass is 10.2. The SMILES string of the molecule is Cc1cccc(Sc2cc(N)ccn2)c1. The van der Waals surface area contributed by atoms with Crippen molar-refractivity contribution >= 4 is 17.4 Å². The predicted molar refractivity (Wildman–Crippen MR) is 64.0 cm³/mol. The summed E-state index contributed by atoms with van der Waals surface area (Å²) in [6.07, 6.45) is 1.73. The molecule has 0 aliphatic carbocycles. The van der Waals surface area contributed by atoms with Gasteiger partial charge in [-0.2, -0.15) is 0 Å². The third-order valence-electron chi connectivity index (χ3n) is 1.97. The van der Waals surface area contributed by atoms with E-state index in [1.54, 1.807) is 24.0 Å². The summed E-state index contributed by atoms with van der Waals surface area (Å²) in [5.74, 6) is 0. The van der Waals surface area contributed by atoms with Gasteiger partial charge in [0.05, 0.1) is 0 Å². The normalized spacial score (nSPS) is 10.2. The lowest BCUT2D eigenvalue weighted by molar-refractivity contribution is 1.13. The molecule has 2 nitrogen and oxygen atoms in total. The summed E-state index contributed by atoms with van der Waals surface area (Å²) >= 11 is 1.62. The maximum absolute atomic E-state index is 5.69. The predicted octanol–water partition coefficient (Wildman–Crippen LogP) is 3.12. The van der Waals surface area contributed by atoms with Gasteiger partial charge >= 0.3 is 0 Å². The van der Waals surface area contributed by atoms with Crippen LogP contribution in [0.3, 0.4) is 0 Å². The molecule has 0 radical (unpaired) electrons. The Morgan fingerprint density at radius 3 is 2.80 bits per heavy atom. The fourth-order valence-electron chi connectivity index (χ4n) is 1.28. The van der Waals surface area contributed by atoms with E-state index < -0.39 is 0 Å². The van der Waals surface area contributed by atoms with Gasteiger partial charge in [-0.1, -0.05) is 29.5 Å². The number of nitrogen functional groups attached to an aromatic ring is 1. The van der Waals surface area contributed by atoms with Gasteiger partial charge in [-0.05, 0) is 31.2 Å². The van der Waals surface area contributed by atoms with Crippen molar-refractivity contribution in [1.82, 2.24) is 4.98 Å². The molecule has 76 valence electrons. The molecule has 0 unspecified atom stereocenters. The number of aromatic nitrogens is 1. The van der Waals surface area contributed by atoms with Crippen molar-refractivity contribution in [2.45, 2.75) is 16.8 Å². The van der Waals surface area contributed by atoms with E-state index in [4.69, 9.17) is 5.73 Å². The molecule has 0 saturated heterocycles. The van der Waals surface area contributed by atoms with Crippen molar-refractivity contribution < 1.29 is 0 Å². The van der Waals surface area contributed by atoms with Crippen molar-refractivity contribution in [2.75, 3.05) is 5.73 Å². The van der Waals surface area contributed by atoms with E-state index in [2.05, 4.69) is 30.1 Å². The molecule has 2 N–H and O–H groups in total. The monoisotopic (exact) mass is 216 g/mol. The molecule has 0 aliphatic rings. The minimum Gasteiger partial charge on any atom is -0.399 e. The van der Waals surface area contributed by atoms with Gasteiger partial charge in [0, 0.05) is 16.8 Å². The average Bonchev–Trinajstić information content (AvgIpc) is 2.17. The smallest absolute Gasteiger partial charge is 0.103 e. The summed E-state index contributed by atoms with van der Waals surface area (Å²) in [5.41, 5.74) is 7.69. The first kappa shape index (κ1) is 10.1. The average molecular weight is 216 g/mol. The quantitative estimate of drug-likeness (QED) is 0.838. The Balaban J connectivity index is 2.22. The Morgan fingerprint density at radius 1 is 1.20 bits per heavy atom. The summed E-state index contributed by atoms with van der Waals surface area (Å²) in [6.45, 7) is 2.08. The van der Waals surface area contributed by atoms with E-state index in [-0.39, 0.29) is 0 Å². The second-order valence-corrected chi connectivity index (χ2v) is 4.44. The van der Waals surface area contributed by atoms with E-state index in [1.165, 1.54) is 10.5 Å². The van der Waals surface area contributed by atoms with Gasteiger partial charge in [-0.3, -0.25) is 0 Å². The summed E-state index contributed by atoms with van der Waals surface area (Å²) in [7, 11) is 0. The molecule has 2 rings (SSSR count). The number of hydrogen-bond donors (Lipinski definition) is 1. The maximum atomic E-state index is 5.69. The van der Waals surface area contributed by atoms with Crippen LogP contribution in [0, 0.1) is 6.92 Å². The number of anilines is 1. The van der Waals surface area contributed by atoms with Crippen LogP contribution in [0.25, 0.3) is 0 Å². The van der Waals surface area contributed by atoms with Crippen molar-refractivity contribution in [3.05, 3.63) is 48.2 Å². The van der Waals surface area contributed by atoms with Crippen LogP contribution < -0.4 is 5.73 Å². The molecule has 0 atom stereocenters. The van der Waals surface area contributed by atoms with E-state index in [0.29, 0.717) is 0 Å². The van der Waals surface area contributed by atoms with Crippen LogP contribution in [0.5, 0.6) is 0 Å². The van der Waals surface area contributed by atoms with Crippen LogP contribution in [0.2, 0.25) is 0 Å². The number of rotatable bonds is 2. The van der Waals surface area contributed by atoms with Gasteiger partial charge in [-0.15, -0.1) is 0 Å². The van der Waals surface area contributed by atoms with Crippen LogP contribution in [-0.4, -0.2) is 4.98 Å². The van der Waals surface area contributed by atoms with Crippen LogP contribution in [0.1, 0.15) is 5.56 Å². The first-order chi connectivity index (χ1) is 7.24. The molecule has 0 fully saturated rings. The molecule has 0 spiro atoms. The number of nitrogens with zero attached hydrogens (tertiary/aromatic N) is 1. The molecule has 2 aromatic rings. The van der Waals surface area contributed by atoms with Crippen molar-refractivity contribution in [2.24, 2.45) is 0 Å². The summed E-state index contributed by atoms with van der Waals surface area (Å²) < 4.78 is 0. The van der Waals surface area contributed by atoms with Crippen LogP contribution >= 0.6 is 11.8 Å². The first-order valence-electron chi connectivity index (χ1n) is 4.70. The number of pyridine rings is 1. The fraction of sp³-hybridized carbons (Fsp3) is 0.0833. The minimum atomic E-state index is 0.750. The fourth-order valence-corrected chi connectivity index (χ4v) is 2.22. The third kappa shape index (κ3) is 2.73. The number of aryl methyl sites for hydroxylation is 1. The van der Waals surface area contributed by atoms with Crippen LogP contribution in [0.4, 0.5) is 5.69 Å². The van der Waals surface area contributed by atoms with Crippen LogP contribution in [-0.2, 0) is 0 Å². The summed E-state index contributed by atoms with van der Waals surface area (Å²) in [4.78, 5) is 5.44. The van der Waals surface area contributed by atoms with E-state index >= 15 is 0 Å². The molecule has 1 heterocycles. The van der Waals surface area contributed by atoms with Gasteiger partial charge in [0.2, 0.25) is 0 Å². The highest BCUT2D eigenvalue weighted by Crippen LogP contribution is 2.27. The van der Waals surface area contributed by atoms with Gasteiger partial charge in [0.1, 0.15) is 5.03 Å². The second kappa shape index (κ2) is 4.36. The third-order valence-corrected chi connectivity index (χ3v) is 2.89. The largest absolute Gasteiger partial charge is 0.399 e. The molecule has 1 aromatic carbocycles. The van der Waals surface area contributed by atoms with E-state index in [1.807, 2.05) is 12.1 Å². The molecule has 0 saturated carbocycles. The molecule has 0 bridgehead atoms. The van der Waals surface area contributed by atoms with Crippen molar-refractivity contribution in [3.63, 3.8) is 0 Å².